The van der Waals surface area contributed by atoms with Crippen LogP contribution < -0.4 is 4.90 Å². The summed E-state index contributed by atoms with van der Waals surface area (Å²) in [6, 6.07) is 78.7. The van der Waals surface area contributed by atoms with Gasteiger partial charge in [-0.15, -0.1) is 0 Å². The molecule has 0 fully saturated rings. The number of fused-ring (bicyclic) bond motifs is 6. The standard InChI is InChI=1S/C56H39NO/c1-56(52-18-10-8-16-48(52)49-17-9-11-19-53(49)56)44-27-35-54-51(37-44)50-34-26-43(36-55(50)58-54)42-24-32-47(33-25-42)57(45-28-20-40(21-29-45)38-12-4-2-5-13-38)46-30-22-41(23-31-46)39-14-6-3-7-15-39/h2-37H,1H3. The number of rotatable bonds is 7. The van der Waals surface area contributed by atoms with Crippen LogP contribution in [-0.2, 0) is 5.41 Å². The van der Waals surface area contributed by atoms with Gasteiger partial charge >= 0.3 is 0 Å². The molecule has 0 bridgehead atoms. The van der Waals surface area contributed by atoms with Gasteiger partial charge < -0.3 is 9.32 Å². The molecule has 10 aromatic rings. The lowest BCUT2D eigenvalue weighted by atomic mass is 9.74. The zero-order valence-electron chi connectivity index (χ0n) is 32.1. The molecule has 0 unspecified atom stereocenters. The van der Waals surface area contributed by atoms with Gasteiger partial charge in [-0.25, -0.2) is 0 Å². The van der Waals surface area contributed by atoms with Crippen molar-refractivity contribution >= 4 is 39.0 Å². The molecule has 58 heavy (non-hydrogen) atoms. The molecule has 2 nitrogen and oxygen atoms in total. The van der Waals surface area contributed by atoms with E-state index in [1.165, 1.54) is 50.1 Å². The van der Waals surface area contributed by atoms with Crippen molar-refractivity contribution < 1.29 is 4.42 Å². The minimum absolute atomic E-state index is 0.256. The summed E-state index contributed by atoms with van der Waals surface area (Å²) < 4.78 is 6.56. The molecule has 0 N–H and O–H groups in total. The van der Waals surface area contributed by atoms with Gasteiger partial charge in [-0.1, -0.05) is 158 Å². The number of hydrogen-bond acceptors (Lipinski definition) is 2. The van der Waals surface area contributed by atoms with E-state index < -0.39 is 0 Å². The lowest BCUT2D eigenvalue weighted by Crippen LogP contribution is -2.22. The van der Waals surface area contributed by atoms with Crippen molar-refractivity contribution in [1.29, 1.82) is 0 Å². The Morgan fingerprint density at radius 2 is 0.776 bits per heavy atom. The second-order valence-electron chi connectivity index (χ2n) is 15.4. The van der Waals surface area contributed by atoms with Crippen LogP contribution in [0.3, 0.4) is 0 Å². The third-order valence-corrected chi connectivity index (χ3v) is 12.2. The Bertz CT molecular complexity index is 2960. The minimum Gasteiger partial charge on any atom is -0.456 e. The van der Waals surface area contributed by atoms with E-state index in [9.17, 15) is 0 Å². The largest absolute Gasteiger partial charge is 0.456 e. The smallest absolute Gasteiger partial charge is 0.136 e. The van der Waals surface area contributed by atoms with Crippen LogP contribution in [0.15, 0.2) is 223 Å². The van der Waals surface area contributed by atoms with E-state index in [-0.39, 0.29) is 5.41 Å². The maximum absolute atomic E-state index is 6.56. The number of furan rings is 1. The van der Waals surface area contributed by atoms with E-state index in [2.05, 4.69) is 230 Å². The average Bonchev–Trinajstić information content (AvgIpc) is 3.80. The molecule has 9 aromatic carbocycles. The maximum Gasteiger partial charge on any atom is 0.136 e. The van der Waals surface area contributed by atoms with Crippen LogP contribution in [-0.4, -0.2) is 0 Å². The SMILES string of the molecule is CC1(c2ccc3oc4cc(-c5ccc(N(c6ccc(-c7ccccc7)cc6)c6ccc(-c7ccccc7)cc6)cc5)ccc4c3c2)c2ccccc2-c2ccccc21. The molecule has 11 rings (SSSR count). The first-order valence-electron chi connectivity index (χ1n) is 20.0. The molecular weight excluding hydrogens is 703 g/mol. The first-order valence-corrected chi connectivity index (χ1v) is 20.0. The zero-order chi connectivity index (χ0) is 38.6. The molecule has 1 aliphatic rings. The molecule has 274 valence electrons. The molecule has 0 atom stereocenters. The minimum atomic E-state index is -0.256. The summed E-state index contributed by atoms with van der Waals surface area (Å²) in [4.78, 5) is 2.33. The second kappa shape index (κ2) is 13.7. The van der Waals surface area contributed by atoms with Crippen molar-refractivity contribution in [2.75, 3.05) is 4.90 Å². The van der Waals surface area contributed by atoms with Crippen LogP contribution in [0.2, 0.25) is 0 Å². The topological polar surface area (TPSA) is 16.4 Å². The van der Waals surface area contributed by atoms with E-state index in [4.69, 9.17) is 4.42 Å². The van der Waals surface area contributed by atoms with Crippen molar-refractivity contribution in [2.45, 2.75) is 12.3 Å². The van der Waals surface area contributed by atoms with Gasteiger partial charge in [0, 0.05) is 33.2 Å². The first kappa shape index (κ1) is 33.9. The van der Waals surface area contributed by atoms with Gasteiger partial charge in [0.25, 0.3) is 0 Å². The molecule has 0 aliphatic heterocycles. The third-order valence-electron chi connectivity index (χ3n) is 12.2. The average molecular weight is 742 g/mol. The lowest BCUT2D eigenvalue weighted by molar-refractivity contribution is 0.667. The van der Waals surface area contributed by atoms with E-state index >= 15 is 0 Å². The van der Waals surface area contributed by atoms with Crippen LogP contribution in [0.1, 0.15) is 23.6 Å². The lowest BCUT2D eigenvalue weighted by Gasteiger charge is -2.28. The van der Waals surface area contributed by atoms with E-state index in [0.717, 1.165) is 50.1 Å². The van der Waals surface area contributed by atoms with Crippen molar-refractivity contribution in [2.24, 2.45) is 0 Å². The van der Waals surface area contributed by atoms with Crippen molar-refractivity contribution in [3.63, 3.8) is 0 Å². The fourth-order valence-electron chi connectivity index (χ4n) is 9.15. The van der Waals surface area contributed by atoms with E-state index in [0.29, 0.717) is 0 Å². The summed E-state index contributed by atoms with van der Waals surface area (Å²) in [5, 5.41) is 2.27. The Balaban J connectivity index is 0.938. The highest BCUT2D eigenvalue weighted by atomic mass is 16.3. The number of hydrogen-bond donors (Lipinski definition) is 0. The Kier molecular flexibility index (Phi) is 7.97. The summed E-state index contributed by atoms with van der Waals surface area (Å²) in [5.41, 5.74) is 18.5. The molecule has 0 radical (unpaired) electrons. The fraction of sp³-hybridized carbons (Fsp3) is 0.0357. The second-order valence-corrected chi connectivity index (χ2v) is 15.4. The van der Waals surface area contributed by atoms with Crippen LogP contribution in [0.25, 0.3) is 66.4 Å². The van der Waals surface area contributed by atoms with Crippen molar-refractivity contribution in [3.05, 3.63) is 235 Å². The zero-order valence-corrected chi connectivity index (χ0v) is 32.1. The molecule has 0 saturated heterocycles. The fourth-order valence-corrected chi connectivity index (χ4v) is 9.15. The molecule has 1 aliphatic carbocycles. The van der Waals surface area contributed by atoms with Crippen LogP contribution in [0, 0.1) is 0 Å². The van der Waals surface area contributed by atoms with Gasteiger partial charge in [0.15, 0.2) is 0 Å². The molecule has 2 heteroatoms. The van der Waals surface area contributed by atoms with Crippen LogP contribution >= 0.6 is 0 Å². The van der Waals surface area contributed by atoms with Crippen molar-refractivity contribution in [1.82, 2.24) is 0 Å². The summed E-state index contributed by atoms with van der Waals surface area (Å²) in [6.45, 7) is 2.36. The highest BCUT2D eigenvalue weighted by Gasteiger charge is 2.40. The molecular formula is C56H39NO. The van der Waals surface area contributed by atoms with Crippen LogP contribution in [0.5, 0.6) is 0 Å². The monoisotopic (exact) mass is 741 g/mol. The number of anilines is 3. The maximum atomic E-state index is 6.56. The van der Waals surface area contributed by atoms with E-state index in [1.807, 2.05) is 0 Å². The van der Waals surface area contributed by atoms with Gasteiger partial charge in [0.2, 0.25) is 0 Å². The number of benzene rings is 9. The summed E-state index contributed by atoms with van der Waals surface area (Å²) in [7, 11) is 0. The Morgan fingerprint density at radius 1 is 0.345 bits per heavy atom. The van der Waals surface area contributed by atoms with Gasteiger partial charge in [-0.2, -0.15) is 0 Å². The van der Waals surface area contributed by atoms with Crippen molar-refractivity contribution in [3.8, 4) is 44.5 Å². The molecule has 1 aromatic heterocycles. The Hall–Kier alpha value is -7.42. The first-order chi connectivity index (χ1) is 28.6. The van der Waals surface area contributed by atoms with Gasteiger partial charge in [0.05, 0.1) is 0 Å². The molecule has 0 amide bonds. The quantitative estimate of drug-likeness (QED) is 0.162. The normalized spacial score (nSPS) is 12.7. The predicted molar refractivity (Wildman–Crippen MR) is 242 cm³/mol. The Morgan fingerprint density at radius 3 is 1.29 bits per heavy atom. The Labute approximate surface area is 338 Å². The highest BCUT2D eigenvalue weighted by Crippen LogP contribution is 2.53. The molecule has 0 saturated carbocycles. The van der Waals surface area contributed by atoms with Gasteiger partial charge in [-0.3, -0.25) is 0 Å². The highest BCUT2D eigenvalue weighted by molar-refractivity contribution is 6.06. The van der Waals surface area contributed by atoms with E-state index in [1.54, 1.807) is 0 Å². The summed E-state index contributed by atoms with van der Waals surface area (Å²) >= 11 is 0. The molecule has 1 heterocycles. The third kappa shape index (κ3) is 5.56. The van der Waals surface area contributed by atoms with Crippen LogP contribution in [0.4, 0.5) is 17.1 Å². The number of nitrogens with zero attached hydrogens (tertiary/aromatic N) is 1. The predicted octanol–water partition coefficient (Wildman–Crippen LogP) is 15.4. The molecule has 0 spiro atoms. The summed E-state index contributed by atoms with van der Waals surface area (Å²) in [5.74, 6) is 0. The van der Waals surface area contributed by atoms with Gasteiger partial charge in [0.1, 0.15) is 11.2 Å². The van der Waals surface area contributed by atoms with Gasteiger partial charge in [-0.05, 0) is 129 Å². The summed E-state index contributed by atoms with van der Waals surface area (Å²) in [6.07, 6.45) is 0.